The summed E-state index contributed by atoms with van der Waals surface area (Å²) in [6.07, 6.45) is 9.95. The van der Waals surface area contributed by atoms with E-state index in [0.717, 1.165) is 24.4 Å². The van der Waals surface area contributed by atoms with E-state index in [1.54, 1.807) is 6.07 Å². The quantitative estimate of drug-likeness (QED) is 0.801. The van der Waals surface area contributed by atoms with Gasteiger partial charge in [0.1, 0.15) is 5.82 Å². The van der Waals surface area contributed by atoms with Crippen molar-refractivity contribution in [2.24, 2.45) is 17.1 Å². The zero-order chi connectivity index (χ0) is 14.4. The second-order valence-corrected chi connectivity index (χ2v) is 6.60. The molecule has 0 aromatic heterocycles. The highest BCUT2D eigenvalue weighted by Gasteiger charge is 2.34. The zero-order valence-electron chi connectivity index (χ0n) is 12.7. The Kier molecular flexibility index (Phi) is 5.59. The Labute approximate surface area is 122 Å². The number of benzene rings is 1. The summed E-state index contributed by atoms with van der Waals surface area (Å²) in [5.74, 6) is 0.758. The van der Waals surface area contributed by atoms with Crippen LogP contribution in [-0.4, -0.2) is 6.54 Å². The van der Waals surface area contributed by atoms with Crippen molar-refractivity contribution in [2.45, 2.75) is 58.3 Å². The second kappa shape index (κ2) is 7.21. The minimum atomic E-state index is -0.133. The molecule has 0 heterocycles. The third-order valence-corrected chi connectivity index (χ3v) is 5.03. The molecule has 0 radical (unpaired) electrons. The molecule has 0 saturated heterocycles. The predicted molar refractivity (Wildman–Crippen MR) is 83.1 cm³/mol. The number of rotatable bonds is 6. The molecule has 0 bridgehead atoms. The molecule has 2 rings (SSSR count). The van der Waals surface area contributed by atoms with Crippen LogP contribution >= 0.6 is 0 Å². The summed E-state index contributed by atoms with van der Waals surface area (Å²) in [5, 5.41) is 0. The smallest absolute Gasteiger partial charge is 0.123 e. The van der Waals surface area contributed by atoms with Gasteiger partial charge in [-0.2, -0.15) is 0 Å². The van der Waals surface area contributed by atoms with Crippen molar-refractivity contribution in [2.75, 3.05) is 6.54 Å². The molecular weight excluding hydrogens is 249 g/mol. The third-order valence-electron chi connectivity index (χ3n) is 5.03. The predicted octanol–water partition coefficient (Wildman–Crippen LogP) is 4.69. The van der Waals surface area contributed by atoms with Crippen LogP contribution in [0.3, 0.4) is 0 Å². The molecule has 2 heteroatoms. The molecule has 1 nitrogen and oxygen atoms in total. The number of halogens is 1. The highest BCUT2D eigenvalue weighted by Crippen LogP contribution is 2.42. The topological polar surface area (TPSA) is 26.0 Å². The number of unbranched alkanes of at least 4 members (excludes halogenated alkanes) is 1. The van der Waals surface area contributed by atoms with Crippen molar-refractivity contribution in [3.63, 3.8) is 0 Å². The monoisotopic (exact) mass is 277 g/mol. The summed E-state index contributed by atoms with van der Waals surface area (Å²) in [6.45, 7) is 2.99. The molecule has 1 aromatic carbocycles. The first kappa shape index (κ1) is 15.5. The van der Waals surface area contributed by atoms with E-state index < -0.39 is 0 Å². The van der Waals surface area contributed by atoms with Crippen LogP contribution in [0.5, 0.6) is 0 Å². The van der Waals surface area contributed by atoms with Gasteiger partial charge in [-0.15, -0.1) is 0 Å². The Morgan fingerprint density at radius 2 is 2.05 bits per heavy atom. The molecule has 1 aromatic rings. The van der Waals surface area contributed by atoms with Crippen LogP contribution in [0.4, 0.5) is 4.39 Å². The molecular formula is C18H28FN. The molecule has 0 atom stereocenters. The lowest BCUT2D eigenvalue weighted by Gasteiger charge is -2.40. The minimum Gasteiger partial charge on any atom is -0.330 e. The fourth-order valence-electron chi connectivity index (χ4n) is 3.60. The Hall–Kier alpha value is -0.890. The molecule has 0 amide bonds. The van der Waals surface area contributed by atoms with E-state index >= 15 is 0 Å². The summed E-state index contributed by atoms with van der Waals surface area (Å²) < 4.78 is 13.3. The van der Waals surface area contributed by atoms with Crippen LogP contribution in [0.15, 0.2) is 24.3 Å². The van der Waals surface area contributed by atoms with Gasteiger partial charge in [-0.05, 0) is 67.7 Å². The molecule has 0 aliphatic heterocycles. The lowest BCUT2D eigenvalue weighted by atomic mass is 9.67. The molecule has 112 valence electrons. The standard InChI is InChI=1S/C18H28FN/c1-2-3-5-15-8-10-18(14-20,11-9-15)13-16-6-4-7-17(19)12-16/h4,6-7,12,15H,2-3,5,8-11,13-14,20H2,1H3. The Bertz CT molecular complexity index is 408. The summed E-state index contributed by atoms with van der Waals surface area (Å²) in [4.78, 5) is 0. The molecule has 1 saturated carbocycles. The van der Waals surface area contributed by atoms with E-state index in [-0.39, 0.29) is 11.2 Å². The van der Waals surface area contributed by atoms with Gasteiger partial charge in [0.2, 0.25) is 0 Å². The van der Waals surface area contributed by atoms with Gasteiger partial charge in [-0.3, -0.25) is 0 Å². The molecule has 2 N–H and O–H groups in total. The van der Waals surface area contributed by atoms with E-state index in [1.165, 1.54) is 51.0 Å². The molecule has 1 aliphatic rings. The minimum absolute atomic E-state index is 0.133. The average Bonchev–Trinajstić information content (AvgIpc) is 2.47. The van der Waals surface area contributed by atoms with Crippen LogP contribution in [-0.2, 0) is 6.42 Å². The number of hydrogen-bond donors (Lipinski definition) is 1. The maximum absolute atomic E-state index is 13.3. The fourth-order valence-corrected chi connectivity index (χ4v) is 3.60. The van der Waals surface area contributed by atoms with Gasteiger partial charge in [0.25, 0.3) is 0 Å². The number of hydrogen-bond acceptors (Lipinski definition) is 1. The van der Waals surface area contributed by atoms with Crippen LogP contribution in [0.1, 0.15) is 57.4 Å². The van der Waals surface area contributed by atoms with Crippen molar-refractivity contribution in [1.82, 2.24) is 0 Å². The van der Waals surface area contributed by atoms with E-state index in [9.17, 15) is 4.39 Å². The van der Waals surface area contributed by atoms with Gasteiger partial charge in [0.05, 0.1) is 0 Å². The molecule has 0 spiro atoms. The van der Waals surface area contributed by atoms with Crippen molar-refractivity contribution < 1.29 is 4.39 Å². The first-order valence-electron chi connectivity index (χ1n) is 8.12. The van der Waals surface area contributed by atoms with Crippen LogP contribution in [0.2, 0.25) is 0 Å². The van der Waals surface area contributed by atoms with Crippen molar-refractivity contribution in [1.29, 1.82) is 0 Å². The number of nitrogens with two attached hydrogens (primary N) is 1. The van der Waals surface area contributed by atoms with Gasteiger partial charge in [0, 0.05) is 0 Å². The van der Waals surface area contributed by atoms with Gasteiger partial charge >= 0.3 is 0 Å². The summed E-state index contributed by atoms with van der Waals surface area (Å²) in [5.41, 5.74) is 7.38. The van der Waals surface area contributed by atoms with Gasteiger partial charge in [0.15, 0.2) is 0 Å². The molecule has 20 heavy (non-hydrogen) atoms. The molecule has 0 unspecified atom stereocenters. The molecule has 1 fully saturated rings. The highest BCUT2D eigenvalue weighted by molar-refractivity contribution is 5.18. The fraction of sp³-hybridized carbons (Fsp3) is 0.667. The average molecular weight is 277 g/mol. The van der Waals surface area contributed by atoms with Gasteiger partial charge < -0.3 is 5.73 Å². The Morgan fingerprint density at radius 1 is 1.30 bits per heavy atom. The lowest BCUT2D eigenvalue weighted by molar-refractivity contribution is 0.150. The second-order valence-electron chi connectivity index (χ2n) is 6.60. The normalized spacial score (nSPS) is 26.6. The van der Waals surface area contributed by atoms with Crippen LogP contribution < -0.4 is 5.73 Å². The van der Waals surface area contributed by atoms with Crippen LogP contribution in [0.25, 0.3) is 0 Å². The van der Waals surface area contributed by atoms with E-state index in [4.69, 9.17) is 5.73 Å². The van der Waals surface area contributed by atoms with Crippen LogP contribution in [0, 0.1) is 17.2 Å². The zero-order valence-corrected chi connectivity index (χ0v) is 12.7. The first-order valence-corrected chi connectivity index (χ1v) is 8.12. The van der Waals surface area contributed by atoms with E-state index in [1.807, 2.05) is 12.1 Å². The van der Waals surface area contributed by atoms with Crippen molar-refractivity contribution in [3.8, 4) is 0 Å². The van der Waals surface area contributed by atoms with Crippen molar-refractivity contribution in [3.05, 3.63) is 35.6 Å². The summed E-state index contributed by atoms with van der Waals surface area (Å²) in [6, 6.07) is 7.02. The highest BCUT2D eigenvalue weighted by atomic mass is 19.1. The first-order chi connectivity index (χ1) is 9.67. The summed E-state index contributed by atoms with van der Waals surface area (Å²) in [7, 11) is 0. The largest absolute Gasteiger partial charge is 0.330 e. The maximum Gasteiger partial charge on any atom is 0.123 e. The van der Waals surface area contributed by atoms with E-state index in [0.29, 0.717) is 0 Å². The van der Waals surface area contributed by atoms with Gasteiger partial charge in [-0.1, -0.05) is 38.3 Å². The van der Waals surface area contributed by atoms with Crippen molar-refractivity contribution >= 4 is 0 Å². The Morgan fingerprint density at radius 3 is 2.65 bits per heavy atom. The lowest BCUT2D eigenvalue weighted by Crippen LogP contribution is -2.36. The van der Waals surface area contributed by atoms with Gasteiger partial charge in [-0.25, -0.2) is 4.39 Å². The summed E-state index contributed by atoms with van der Waals surface area (Å²) >= 11 is 0. The van der Waals surface area contributed by atoms with E-state index in [2.05, 4.69) is 6.92 Å². The Balaban J connectivity index is 1.94. The maximum atomic E-state index is 13.3. The SMILES string of the molecule is CCCCC1CCC(CN)(Cc2cccc(F)c2)CC1. The third kappa shape index (κ3) is 4.05. The molecule has 1 aliphatic carbocycles.